The van der Waals surface area contributed by atoms with Gasteiger partial charge in [0.15, 0.2) is 0 Å². The smallest absolute Gasteiger partial charge is 0.339 e. The second-order valence-corrected chi connectivity index (χ2v) is 6.95. The van der Waals surface area contributed by atoms with E-state index in [0.29, 0.717) is 6.54 Å². The van der Waals surface area contributed by atoms with Crippen LogP contribution < -0.4 is 4.31 Å². The lowest BCUT2D eigenvalue weighted by Crippen LogP contribution is -2.14. The molecular weight excluding hydrogens is 346 g/mol. The quantitative estimate of drug-likeness (QED) is 0.594. The van der Waals surface area contributed by atoms with E-state index in [1.807, 2.05) is 65.8 Å². The zero-order valence-electron chi connectivity index (χ0n) is 14.3. The standard InChI is InChI=1S/C21H19NO3S/c1-15-7-5-6-10-20(15)26-22(14-16-8-3-2-4-9-16)17-11-12-19(23)18(13-17)21(24)25/h2-13,23H,14H2,1H3,(H,24,25). The van der Waals surface area contributed by atoms with Crippen LogP contribution in [-0.4, -0.2) is 16.2 Å². The van der Waals surface area contributed by atoms with Gasteiger partial charge in [0.2, 0.25) is 0 Å². The van der Waals surface area contributed by atoms with Gasteiger partial charge >= 0.3 is 5.97 Å². The number of anilines is 1. The minimum atomic E-state index is -1.15. The molecule has 26 heavy (non-hydrogen) atoms. The van der Waals surface area contributed by atoms with Gasteiger partial charge in [-0.25, -0.2) is 4.79 Å². The highest BCUT2D eigenvalue weighted by Gasteiger charge is 2.16. The number of benzene rings is 3. The van der Waals surface area contributed by atoms with Gasteiger partial charge in [0.05, 0.1) is 6.54 Å². The molecule has 4 nitrogen and oxygen atoms in total. The molecule has 3 rings (SSSR count). The Morgan fingerprint density at radius 3 is 2.38 bits per heavy atom. The molecule has 3 aromatic carbocycles. The SMILES string of the molecule is Cc1ccccc1SN(Cc1ccccc1)c1ccc(O)c(C(=O)O)c1. The van der Waals surface area contributed by atoms with Crippen LogP contribution in [0.2, 0.25) is 0 Å². The minimum Gasteiger partial charge on any atom is -0.507 e. The lowest BCUT2D eigenvalue weighted by atomic mass is 10.1. The number of carboxylic acids is 1. The number of hydrogen-bond acceptors (Lipinski definition) is 4. The molecule has 2 N–H and O–H groups in total. The molecule has 0 fully saturated rings. The van der Waals surface area contributed by atoms with E-state index in [9.17, 15) is 15.0 Å². The first-order chi connectivity index (χ1) is 12.5. The van der Waals surface area contributed by atoms with Crippen molar-refractivity contribution >= 4 is 23.6 Å². The zero-order chi connectivity index (χ0) is 18.5. The van der Waals surface area contributed by atoms with Crippen LogP contribution in [-0.2, 0) is 6.54 Å². The zero-order valence-corrected chi connectivity index (χ0v) is 15.1. The van der Waals surface area contributed by atoms with Gasteiger partial charge in [-0.1, -0.05) is 48.5 Å². The summed E-state index contributed by atoms with van der Waals surface area (Å²) in [6.07, 6.45) is 0. The number of rotatable bonds is 6. The maximum Gasteiger partial charge on any atom is 0.339 e. The van der Waals surface area contributed by atoms with Crippen LogP contribution >= 0.6 is 11.9 Å². The maximum atomic E-state index is 11.4. The Balaban J connectivity index is 1.98. The molecule has 5 heteroatoms. The highest BCUT2D eigenvalue weighted by molar-refractivity contribution is 8.00. The molecule has 0 saturated heterocycles. The summed E-state index contributed by atoms with van der Waals surface area (Å²) in [5.41, 5.74) is 2.87. The van der Waals surface area contributed by atoms with Gasteiger partial charge in [0, 0.05) is 10.6 Å². The summed E-state index contributed by atoms with van der Waals surface area (Å²) in [6, 6.07) is 22.7. The minimum absolute atomic E-state index is 0.106. The summed E-state index contributed by atoms with van der Waals surface area (Å²) >= 11 is 1.55. The Labute approximate surface area is 156 Å². The van der Waals surface area contributed by atoms with Crippen LogP contribution in [0.15, 0.2) is 77.7 Å². The lowest BCUT2D eigenvalue weighted by molar-refractivity contribution is 0.0694. The predicted octanol–water partition coefficient (Wildman–Crippen LogP) is 5.11. The van der Waals surface area contributed by atoms with Crippen molar-refractivity contribution in [1.29, 1.82) is 0 Å². The van der Waals surface area contributed by atoms with Crippen LogP contribution in [0.25, 0.3) is 0 Å². The second kappa shape index (κ2) is 7.97. The number of nitrogens with zero attached hydrogens (tertiary/aromatic N) is 1. The first-order valence-electron chi connectivity index (χ1n) is 8.16. The number of phenols is 1. The van der Waals surface area contributed by atoms with E-state index in [2.05, 4.69) is 0 Å². The third-order valence-corrected chi connectivity index (χ3v) is 5.18. The van der Waals surface area contributed by atoms with Gasteiger partial charge in [-0.2, -0.15) is 0 Å². The predicted molar refractivity (Wildman–Crippen MR) is 105 cm³/mol. The Kier molecular flexibility index (Phi) is 5.49. The normalized spacial score (nSPS) is 10.5. The number of carboxylic acid groups (broad SMARTS) is 1. The number of hydrogen-bond donors (Lipinski definition) is 2. The van der Waals surface area contributed by atoms with Crippen molar-refractivity contribution in [1.82, 2.24) is 0 Å². The van der Waals surface area contributed by atoms with E-state index in [0.717, 1.165) is 21.7 Å². The number of aromatic carboxylic acids is 1. The van der Waals surface area contributed by atoms with Gasteiger partial charge in [-0.05, 0) is 54.3 Å². The molecule has 3 aromatic rings. The van der Waals surface area contributed by atoms with Crippen LogP contribution in [0.3, 0.4) is 0 Å². The lowest BCUT2D eigenvalue weighted by Gasteiger charge is -2.25. The highest BCUT2D eigenvalue weighted by atomic mass is 32.2. The number of aromatic hydroxyl groups is 1. The fourth-order valence-electron chi connectivity index (χ4n) is 2.55. The van der Waals surface area contributed by atoms with Crippen molar-refractivity contribution in [2.24, 2.45) is 0 Å². The summed E-state index contributed by atoms with van der Waals surface area (Å²) in [4.78, 5) is 12.5. The molecule has 0 spiro atoms. The van der Waals surface area contributed by atoms with E-state index in [1.54, 1.807) is 18.0 Å². The van der Waals surface area contributed by atoms with Crippen LogP contribution in [0.4, 0.5) is 5.69 Å². The number of carbonyl (C=O) groups is 1. The topological polar surface area (TPSA) is 60.8 Å². The fourth-order valence-corrected chi connectivity index (χ4v) is 3.58. The number of aryl methyl sites for hydroxylation is 1. The molecule has 0 aliphatic heterocycles. The van der Waals surface area contributed by atoms with Gasteiger partial charge in [0.1, 0.15) is 11.3 Å². The molecule has 0 heterocycles. The Morgan fingerprint density at radius 1 is 1.00 bits per heavy atom. The van der Waals surface area contributed by atoms with Crippen molar-refractivity contribution in [3.8, 4) is 5.75 Å². The summed E-state index contributed by atoms with van der Waals surface area (Å²) in [6.45, 7) is 2.65. The van der Waals surface area contributed by atoms with Gasteiger partial charge in [-0.15, -0.1) is 0 Å². The molecule has 0 bridgehead atoms. The summed E-state index contributed by atoms with van der Waals surface area (Å²) in [7, 11) is 0. The molecule has 0 unspecified atom stereocenters. The van der Waals surface area contributed by atoms with Crippen molar-refractivity contribution < 1.29 is 15.0 Å². The van der Waals surface area contributed by atoms with Crippen molar-refractivity contribution in [2.45, 2.75) is 18.4 Å². The van der Waals surface area contributed by atoms with Crippen molar-refractivity contribution in [3.63, 3.8) is 0 Å². The van der Waals surface area contributed by atoms with Gasteiger partial charge in [0.25, 0.3) is 0 Å². The molecule has 0 atom stereocenters. The Morgan fingerprint density at radius 2 is 1.69 bits per heavy atom. The average molecular weight is 365 g/mol. The monoisotopic (exact) mass is 365 g/mol. The first kappa shape index (κ1) is 17.9. The third-order valence-electron chi connectivity index (χ3n) is 3.97. The molecule has 0 aromatic heterocycles. The van der Waals surface area contributed by atoms with Crippen molar-refractivity contribution in [2.75, 3.05) is 4.31 Å². The van der Waals surface area contributed by atoms with Gasteiger partial charge < -0.3 is 14.5 Å². The summed E-state index contributed by atoms with van der Waals surface area (Å²) in [5.74, 6) is -1.38. The summed E-state index contributed by atoms with van der Waals surface area (Å²) < 4.78 is 2.03. The van der Waals surface area contributed by atoms with E-state index in [-0.39, 0.29) is 11.3 Å². The molecule has 132 valence electrons. The second-order valence-electron chi connectivity index (χ2n) is 5.89. The molecule has 0 amide bonds. The first-order valence-corrected chi connectivity index (χ1v) is 8.93. The van der Waals surface area contributed by atoms with E-state index in [4.69, 9.17) is 0 Å². The fraction of sp³-hybridized carbons (Fsp3) is 0.0952. The van der Waals surface area contributed by atoms with Crippen LogP contribution in [0.1, 0.15) is 21.5 Å². The van der Waals surface area contributed by atoms with E-state index < -0.39 is 5.97 Å². The van der Waals surface area contributed by atoms with Crippen molar-refractivity contribution in [3.05, 3.63) is 89.5 Å². The van der Waals surface area contributed by atoms with Crippen LogP contribution in [0, 0.1) is 6.92 Å². The van der Waals surface area contributed by atoms with E-state index in [1.165, 1.54) is 12.1 Å². The third kappa shape index (κ3) is 4.18. The largest absolute Gasteiger partial charge is 0.507 e. The van der Waals surface area contributed by atoms with Gasteiger partial charge in [-0.3, -0.25) is 0 Å². The van der Waals surface area contributed by atoms with E-state index >= 15 is 0 Å². The van der Waals surface area contributed by atoms with Crippen LogP contribution in [0.5, 0.6) is 5.75 Å². The molecule has 0 aliphatic rings. The molecule has 0 radical (unpaired) electrons. The molecule has 0 saturated carbocycles. The Bertz CT molecular complexity index is 912. The summed E-state index contributed by atoms with van der Waals surface area (Å²) in [5, 5.41) is 19.1. The molecular formula is C21H19NO3S. The highest BCUT2D eigenvalue weighted by Crippen LogP contribution is 2.34. The maximum absolute atomic E-state index is 11.4. The molecule has 0 aliphatic carbocycles. The average Bonchev–Trinajstić information content (AvgIpc) is 2.64. The Hall–Kier alpha value is -2.92.